The van der Waals surface area contributed by atoms with Gasteiger partial charge >= 0.3 is 11.9 Å². The number of esters is 2. The highest BCUT2D eigenvalue weighted by atomic mass is 16.6. The van der Waals surface area contributed by atoms with Crippen molar-refractivity contribution in [2.45, 2.75) is 50.1 Å². The Labute approximate surface area is 131 Å². The third-order valence-electron chi connectivity index (χ3n) is 6.97. The molecule has 0 unspecified atom stereocenters. The Morgan fingerprint density at radius 2 is 1.87 bits per heavy atom. The van der Waals surface area contributed by atoms with Crippen LogP contribution in [0.15, 0.2) is 0 Å². The summed E-state index contributed by atoms with van der Waals surface area (Å²) in [7, 11) is 0. The number of hydrogen-bond acceptors (Lipinski definition) is 8. The smallest absolute Gasteiger partial charge is 0.342 e. The van der Waals surface area contributed by atoms with E-state index >= 15 is 0 Å². The number of aliphatic hydroxyl groups is 3. The van der Waals surface area contributed by atoms with Crippen LogP contribution >= 0.6 is 0 Å². The lowest BCUT2D eigenvalue weighted by atomic mass is 9.44. The zero-order valence-electron chi connectivity index (χ0n) is 12.7. The summed E-state index contributed by atoms with van der Waals surface area (Å²) in [5.41, 5.74) is -7.26. The zero-order chi connectivity index (χ0) is 17.0. The van der Waals surface area contributed by atoms with Gasteiger partial charge in [0.1, 0.15) is 18.5 Å². The molecule has 2 bridgehead atoms. The second-order valence-electron chi connectivity index (χ2n) is 7.47. The molecule has 0 aromatic rings. The summed E-state index contributed by atoms with van der Waals surface area (Å²) < 4.78 is 10.1. The third kappa shape index (κ3) is 1.17. The molecule has 2 saturated heterocycles. The van der Waals surface area contributed by atoms with Gasteiger partial charge in [0.05, 0.1) is 16.4 Å². The first-order valence-corrected chi connectivity index (χ1v) is 7.59. The van der Waals surface area contributed by atoms with Crippen molar-refractivity contribution in [1.82, 2.24) is 0 Å². The van der Waals surface area contributed by atoms with Crippen LogP contribution in [0.3, 0.4) is 0 Å². The van der Waals surface area contributed by atoms with E-state index in [2.05, 4.69) is 0 Å². The van der Waals surface area contributed by atoms with Crippen LogP contribution in [-0.4, -0.2) is 63.1 Å². The summed E-state index contributed by atoms with van der Waals surface area (Å²) >= 11 is 0. The molecule has 2 aliphatic heterocycles. The molecule has 0 radical (unpaired) electrons. The SMILES string of the molecule is C[C@@H]1C(=O)C[C@@]2(O)[C@@]13C[C@@H](OC(=O)[C@@H]3O)[C@@]1(O)C(=O)OC[C@@]21C. The van der Waals surface area contributed by atoms with Crippen molar-refractivity contribution in [3.8, 4) is 0 Å². The minimum atomic E-state index is -2.24. The maximum atomic E-state index is 12.4. The average Bonchev–Trinajstić information content (AvgIpc) is 2.85. The van der Waals surface area contributed by atoms with Gasteiger partial charge in [0, 0.05) is 18.8 Å². The molecule has 4 fully saturated rings. The number of carbonyl (C=O) groups is 3. The Morgan fingerprint density at radius 3 is 2.52 bits per heavy atom. The van der Waals surface area contributed by atoms with Crippen LogP contribution in [-0.2, 0) is 23.9 Å². The van der Waals surface area contributed by atoms with E-state index in [-0.39, 0.29) is 25.2 Å². The highest BCUT2D eigenvalue weighted by molar-refractivity contribution is 5.93. The van der Waals surface area contributed by atoms with E-state index in [4.69, 9.17) is 9.47 Å². The van der Waals surface area contributed by atoms with Gasteiger partial charge in [-0.25, -0.2) is 9.59 Å². The molecule has 126 valence electrons. The fraction of sp³-hybridized carbons (Fsp3) is 0.800. The average molecular weight is 326 g/mol. The summed E-state index contributed by atoms with van der Waals surface area (Å²) in [6.45, 7) is 2.67. The summed E-state index contributed by atoms with van der Waals surface area (Å²) in [6, 6.07) is 0. The van der Waals surface area contributed by atoms with E-state index < -0.39 is 52.1 Å². The van der Waals surface area contributed by atoms with Crippen molar-refractivity contribution in [3.05, 3.63) is 0 Å². The van der Waals surface area contributed by atoms with Crippen molar-refractivity contribution < 1.29 is 39.2 Å². The number of fused-ring (bicyclic) bond motifs is 4. The largest absolute Gasteiger partial charge is 0.463 e. The van der Waals surface area contributed by atoms with E-state index in [0.717, 1.165) is 0 Å². The normalized spacial score (nSPS) is 57.6. The van der Waals surface area contributed by atoms with Crippen molar-refractivity contribution in [3.63, 3.8) is 0 Å². The van der Waals surface area contributed by atoms with Gasteiger partial charge in [0.2, 0.25) is 5.60 Å². The number of carbonyl (C=O) groups excluding carboxylic acids is 3. The Balaban J connectivity index is 2.04. The summed E-state index contributed by atoms with van der Waals surface area (Å²) in [4.78, 5) is 36.7. The van der Waals surface area contributed by atoms with E-state index in [1.54, 1.807) is 6.92 Å². The summed E-state index contributed by atoms with van der Waals surface area (Å²) in [5, 5.41) is 33.0. The van der Waals surface area contributed by atoms with Gasteiger partial charge in [-0.3, -0.25) is 4.79 Å². The topological polar surface area (TPSA) is 130 Å². The number of aliphatic hydroxyl groups excluding tert-OH is 1. The number of ketones is 1. The Bertz CT molecular complexity index is 660. The first kappa shape index (κ1) is 15.0. The second-order valence-corrected chi connectivity index (χ2v) is 7.47. The van der Waals surface area contributed by atoms with Crippen molar-refractivity contribution in [1.29, 1.82) is 0 Å². The predicted molar refractivity (Wildman–Crippen MR) is 70.7 cm³/mol. The Kier molecular flexibility index (Phi) is 2.46. The van der Waals surface area contributed by atoms with Gasteiger partial charge < -0.3 is 24.8 Å². The number of rotatable bonds is 0. The van der Waals surface area contributed by atoms with Crippen LogP contribution in [0.25, 0.3) is 0 Å². The standard InChI is InChI=1S/C15H18O8/c1-6-7(16)3-14(20)12(2)5-22-11(19)15(12,21)8-4-13(6,14)9(17)10(18)23-8/h6,8-9,17,20-21H,3-5H2,1-2H3/t6-,8-,9+,12+,13+,14+,15-/m1/s1. The van der Waals surface area contributed by atoms with E-state index in [0.29, 0.717) is 0 Å². The van der Waals surface area contributed by atoms with Crippen molar-refractivity contribution >= 4 is 17.7 Å². The second kappa shape index (κ2) is 3.76. The Morgan fingerprint density at radius 1 is 1.22 bits per heavy atom. The van der Waals surface area contributed by atoms with E-state index in [9.17, 15) is 29.7 Å². The summed E-state index contributed by atoms with van der Waals surface area (Å²) in [6.07, 6.45) is -3.51. The van der Waals surface area contributed by atoms with Crippen LogP contribution in [0.5, 0.6) is 0 Å². The van der Waals surface area contributed by atoms with Gasteiger partial charge in [-0.05, 0) is 6.92 Å². The van der Waals surface area contributed by atoms with Crippen LogP contribution in [0.2, 0.25) is 0 Å². The lowest BCUT2D eigenvalue weighted by molar-refractivity contribution is -0.320. The fourth-order valence-electron chi connectivity index (χ4n) is 5.42. The van der Waals surface area contributed by atoms with Gasteiger partial charge in [0.25, 0.3) is 0 Å². The molecule has 2 aliphatic carbocycles. The Hall–Kier alpha value is -1.51. The molecule has 4 aliphatic rings. The highest BCUT2D eigenvalue weighted by Gasteiger charge is 2.87. The number of cyclic esters (lactones) is 1. The lowest BCUT2D eigenvalue weighted by Gasteiger charge is -2.63. The van der Waals surface area contributed by atoms with Gasteiger partial charge in [-0.15, -0.1) is 0 Å². The molecule has 8 nitrogen and oxygen atoms in total. The zero-order valence-corrected chi connectivity index (χ0v) is 12.7. The van der Waals surface area contributed by atoms with Crippen molar-refractivity contribution in [2.24, 2.45) is 16.7 Å². The molecule has 8 heteroatoms. The molecule has 0 amide bonds. The maximum absolute atomic E-state index is 12.4. The van der Waals surface area contributed by atoms with E-state index in [1.807, 2.05) is 0 Å². The van der Waals surface area contributed by atoms with Gasteiger partial charge in [-0.1, -0.05) is 6.92 Å². The molecule has 23 heavy (non-hydrogen) atoms. The van der Waals surface area contributed by atoms with Crippen molar-refractivity contribution in [2.75, 3.05) is 6.61 Å². The van der Waals surface area contributed by atoms with Crippen LogP contribution < -0.4 is 0 Å². The molecule has 0 aromatic heterocycles. The molecule has 2 saturated carbocycles. The molecular formula is C15H18O8. The first-order valence-electron chi connectivity index (χ1n) is 7.59. The predicted octanol–water partition coefficient (Wildman–Crippen LogP) is -1.70. The van der Waals surface area contributed by atoms with Gasteiger partial charge in [-0.2, -0.15) is 0 Å². The minimum absolute atomic E-state index is 0.176. The van der Waals surface area contributed by atoms with Gasteiger partial charge in [0.15, 0.2) is 6.10 Å². The number of Topliss-reactive ketones (excluding diaryl/α,β-unsaturated/α-hetero) is 1. The molecule has 4 rings (SSSR count). The molecule has 3 N–H and O–H groups in total. The molecule has 2 heterocycles. The monoisotopic (exact) mass is 326 g/mol. The van der Waals surface area contributed by atoms with Crippen LogP contribution in [0.1, 0.15) is 26.7 Å². The fourth-order valence-corrected chi connectivity index (χ4v) is 5.42. The maximum Gasteiger partial charge on any atom is 0.342 e. The lowest BCUT2D eigenvalue weighted by Crippen LogP contribution is -2.80. The number of hydrogen-bond donors (Lipinski definition) is 3. The van der Waals surface area contributed by atoms with Crippen LogP contribution in [0, 0.1) is 16.7 Å². The van der Waals surface area contributed by atoms with E-state index in [1.165, 1.54) is 6.92 Å². The highest BCUT2D eigenvalue weighted by Crippen LogP contribution is 2.70. The molecular weight excluding hydrogens is 308 g/mol. The summed E-state index contributed by atoms with van der Waals surface area (Å²) in [5.74, 6) is -3.17. The van der Waals surface area contributed by atoms with Crippen LogP contribution in [0.4, 0.5) is 0 Å². The number of ether oxygens (including phenoxy) is 2. The molecule has 1 spiro atoms. The quantitative estimate of drug-likeness (QED) is 0.449. The molecule has 0 aromatic carbocycles. The molecule has 7 atom stereocenters. The third-order valence-corrected chi connectivity index (χ3v) is 6.97. The minimum Gasteiger partial charge on any atom is -0.463 e. The first-order chi connectivity index (χ1) is 10.6.